The first kappa shape index (κ1) is 17.9. The van der Waals surface area contributed by atoms with Crippen LogP contribution in [0.15, 0.2) is 42.5 Å². The summed E-state index contributed by atoms with van der Waals surface area (Å²) in [5.74, 6) is 1.78. The van der Waals surface area contributed by atoms with Crippen molar-refractivity contribution in [3.63, 3.8) is 0 Å². The van der Waals surface area contributed by atoms with Crippen molar-refractivity contribution >= 4 is 17.3 Å². The topological polar surface area (TPSA) is 62.8 Å². The van der Waals surface area contributed by atoms with Crippen LogP contribution in [0.5, 0.6) is 17.2 Å². The van der Waals surface area contributed by atoms with Crippen molar-refractivity contribution in [1.29, 1.82) is 0 Å². The van der Waals surface area contributed by atoms with Gasteiger partial charge in [0.05, 0.1) is 7.11 Å². The summed E-state index contributed by atoms with van der Waals surface area (Å²) in [4.78, 5) is 0. The number of fused-ring (bicyclic) bond motifs is 1. The minimum absolute atomic E-state index is 0.0913. The van der Waals surface area contributed by atoms with Gasteiger partial charge in [-0.2, -0.15) is 0 Å². The predicted molar refractivity (Wildman–Crippen MR) is 108 cm³/mol. The first-order chi connectivity index (χ1) is 12.8. The molecule has 3 N–H and O–H groups in total. The summed E-state index contributed by atoms with van der Waals surface area (Å²) < 4.78 is 11.8. The molecule has 4 rings (SSSR count). The summed E-state index contributed by atoms with van der Waals surface area (Å²) in [6.07, 6.45) is 1.46. The standard InChI is InChI=1S/C21H24N2O3S/c1-20(2)12-21(23-19(27)22-20)11-17(13-5-4-6-15(9-13)25-3)16-8-7-14(24)10-18(16)26-21/h4-10,17,24H,11-12H2,1-3H3,(H2,22,23,27)/t17-,21+/m1/s1. The predicted octanol–water partition coefficient (Wildman–Crippen LogP) is 3.66. The molecule has 2 aromatic carbocycles. The largest absolute Gasteiger partial charge is 0.508 e. The van der Waals surface area contributed by atoms with E-state index in [-0.39, 0.29) is 17.2 Å². The van der Waals surface area contributed by atoms with E-state index < -0.39 is 5.72 Å². The number of hydrogen-bond acceptors (Lipinski definition) is 4. The Labute approximate surface area is 164 Å². The number of benzene rings is 2. The van der Waals surface area contributed by atoms with E-state index in [1.54, 1.807) is 19.2 Å². The van der Waals surface area contributed by atoms with Crippen molar-refractivity contribution in [3.8, 4) is 17.2 Å². The van der Waals surface area contributed by atoms with Crippen LogP contribution in [0.3, 0.4) is 0 Å². The molecular formula is C21H24N2O3S. The molecule has 0 aliphatic carbocycles. The Hall–Kier alpha value is -2.47. The molecule has 1 saturated heterocycles. The number of hydrogen-bond donors (Lipinski definition) is 3. The maximum atomic E-state index is 10.0. The van der Waals surface area contributed by atoms with Crippen LogP contribution >= 0.6 is 12.2 Å². The van der Waals surface area contributed by atoms with Crippen LogP contribution in [0.25, 0.3) is 0 Å². The maximum absolute atomic E-state index is 10.0. The molecule has 2 aliphatic rings. The van der Waals surface area contributed by atoms with Crippen molar-refractivity contribution in [2.75, 3.05) is 7.11 Å². The van der Waals surface area contributed by atoms with E-state index in [1.807, 2.05) is 18.2 Å². The fourth-order valence-electron chi connectivity index (χ4n) is 4.28. The number of ether oxygens (including phenoxy) is 2. The van der Waals surface area contributed by atoms with E-state index >= 15 is 0 Å². The maximum Gasteiger partial charge on any atom is 0.185 e. The van der Waals surface area contributed by atoms with Gasteiger partial charge in [-0.05, 0) is 49.8 Å². The highest BCUT2D eigenvalue weighted by Crippen LogP contribution is 2.47. The van der Waals surface area contributed by atoms with Crippen molar-refractivity contribution in [2.45, 2.75) is 43.9 Å². The van der Waals surface area contributed by atoms with Gasteiger partial charge in [-0.1, -0.05) is 18.2 Å². The molecule has 1 spiro atoms. The van der Waals surface area contributed by atoms with Gasteiger partial charge in [0.15, 0.2) is 10.8 Å². The normalized spacial score (nSPS) is 25.7. The molecular weight excluding hydrogens is 360 g/mol. The Kier molecular flexibility index (Phi) is 4.18. The summed E-state index contributed by atoms with van der Waals surface area (Å²) in [5.41, 5.74) is 1.36. The SMILES string of the molecule is COc1cccc([C@H]2C[C@@]3(CC(C)(C)NC(=S)N3)Oc3cc(O)ccc32)c1. The summed E-state index contributed by atoms with van der Waals surface area (Å²) in [5, 5.41) is 17.3. The second-order valence-corrected chi connectivity index (χ2v) is 8.40. The molecule has 0 bridgehead atoms. The third-order valence-electron chi connectivity index (χ3n) is 5.23. The Morgan fingerprint density at radius 1 is 1.19 bits per heavy atom. The van der Waals surface area contributed by atoms with Gasteiger partial charge < -0.3 is 25.2 Å². The highest BCUT2D eigenvalue weighted by molar-refractivity contribution is 7.80. The van der Waals surface area contributed by atoms with Crippen LogP contribution < -0.4 is 20.1 Å². The van der Waals surface area contributed by atoms with Gasteiger partial charge in [0.1, 0.15) is 17.2 Å². The lowest BCUT2D eigenvalue weighted by Gasteiger charge is -2.50. The number of methoxy groups -OCH3 is 1. The molecule has 6 heteroatoms. The smallest absolute Gasteiger partial charge is 0.185 e. The molecule has 2 heterocycles. The summed E-state index contributed by atoms with van der Waals surface area (Å²) >= 11 is 5.46. The van der Waals surface area contributed by atoms with Crippen LogP contribution in [0.2, 0.25) is 0 Å². The van der Waals surface area contributed by atoms with Crippen molar-refractivity contribution in [2.24, 2.45) is 0 Å². The lowest BCUT2D eigenvalue weighted by Crippen LogP contribution is -2.69. The van der Waals surface area contributed by atoms with Gasteiger partial charge in [0.2, 0.25) is 0 Å². The van der Waals surface area contributed by atoms with E-state index in [2.05, 4.69) is 36.6 Å². The third-order valence-corrected chi connectivity index (χ3v) is 5.43. The van der Waals surface area contributed by atoms with Crippen LogP contribution in [0, 0.1) is 0 Å². The average Bonchev–Trinajstić information content (AvgIpc) is 2.58. The number of thiocarbonyl (C=S) groups is 1. The summed E-state index contributed by atoms with van der Waals surface area (Å²) in [7, 11) is 1.67. The van der Waals surface area contributed by atoms with Gasteiger partial charge in [-0.25, -0.2) is 0 Å². The quantitative estimate of drug-likeness (QED) is 0.687. The van der Waals surface area contributed by atoms with Crippen molar-refractivity contribution in [1.82, 2.24) is 10.6 Å². The fraction of sp³-hybridized carbons (Fsp3) is 0.381. The van der Waals surface area contributed by atoms with Crippen molar-refractivity contribution < 1.29 is 14.6 Å². The lowest BCUT2D eigenvalue weighted by molar-refractivity contribution is -0.0128. The Bertz CT molecular complexity index is 899. The number of rotatable bonds is 2. The Morgan fingerprint density at radius 2 is 2.00 bits per heavy atom. The molecule has 0 aromatic heterocycles. The van der Waals surface area contributed by atoms with E-state index in [0.29, 0.717) is 10.9 Å². The van der Waals surface area contributed by atoms with Gasteiger partial charge >= 0.3 is 0 Å². The van der Waals surface area contributed by atoms with E-state index in [4.69, 9.17) is 21.7 Å². The van der Waals surface area contributed by atoms with Gasteiger partial charge in [0.25, 0.3) is 0 Å². The third kappa shape index (κ3) is 3.41. The van der Waals surface area contributed by atoms with Crippen LogP contribution in [0.1, 0.15) is 43.7 Å². The van der Waals surface area contributed by atoms with Gasteiger partial charge in [0, 0.05) is 35.9 Å². The lowest BCUT2D eigenvalue weighted by atomic mass is 9.77. The molecule has 0 radical (unpaired) electrons. The first-order valence-corrected chi connectivity index (χ1v) is 9.46. The molecule has 2 aliphatic heterocycles. The Balaban J connectivity index is 1.82. The summed E-state index contributed by atoms with van der Waals surface area (Å²) in [6.45, 7) is 4.23. The van der Waals surface area contributed by atoms with Crippen molar-refractivity contribution in [3.05, 3.63) is 53.6 Å². The molecule has 2 atom stereocenters. The molecule has 0 amide bonds. The minimum Gasteiger partial charge on any atom is -0.508 e. The van der Waals surface area contributed by atoms with E-state index in [1.165, 1.54) is 0 Å². The first-order valence-electron chi connectivity index (χ1n) is 9.05. The number of phenols is 1. The molecule has 2 aromatic rings. The van der Waals surface area contributed by atoms with Crippen LogP contribution in [0.4, 0.5) is 0 Å². The summed E-state index contributed by atoms with van der Waals surface area (Å²) in [6, 6.07) is 13.4. The zero-order chi connectivity index (χ0) is 19.2. The Morgan fingerprint density at radius 3 is 2.74 bits per heavy atom. The highest BCUT2D eigenvalue weighted by Gasteiger charge is 2.48. The van der Waals surface area contributed by atoms with Crippen LogP contribution in [-0.2, 0) is 0 Å². The molecule has 27 heavy (non-hydrogen) atoms. The zero-order valence-corrected chi connectivity index (χ0v) is 16.5. The van der Waals surface area contributed by atoms with Gasteiger partial charge in [-0.15, -0.1) is 0 Å². The minimum atomic E-state index is -0.639. The van der Waals surface area contributed by atoms with E-state index in [9.17, 15) is 5.11 Å². The molecule has 142 valence electrons. The number of phenolic OH excluding ortho intramolecular Hbond substituents is 1. The molecule has 5 nitrogen and oxygen atoms in total. The molecule has 1 fully saturated rings. The fourth-order valence-corrected chi connectivity index (χ4v) is 4.74. The van der Waals surface area contributed by atoms with Crippen LogP contribution in [-0.4, -0.2) is 28.6 Å². The number of nitrogens with one attached hydrogen (secondary N) is 2. The molecule has 0 saturated carbocycles. The number of aromatic hydroxyl groups is 1. The average molecular weight is 385 g/mol. The van der Waals surface area contributed by atoms with Gasteiger partial charge in [-0.3, -0.25) is 0 Å². The second kappa shape index (κ2) is 6.30. The van der Waals surface area contributed by atoms with E-state index in [0.717, 1.165) is 29.7 Å². The monoisotopic (exact) mass is 384 g/mol. The second-order valence-electron chi connectivity index (χ2n) is 7.99. The highest BCUT2D eigenvalue weighted by atomic mass is 32.1. The zero-order valence-electron chi connectivity index (χ0n) is 15.7. The molecule has 0 unspecified atom stereocenters.